The van der Waals surface area contributed by atoms with Crippen LogP contribution < -0.4 is 0 Å². The zero-order valence-electron chi connectivity index (χ0n) is 18.3. The van der Waals surface area contributed by atoms with Crippen LogP contribution in [0.2, 0.25) is 0 Å². The number of aliphatic hydroxyl groups is 2. The molecule has 4 aliphatic carbocycles. The van der Waals surface area contributed by atoms with Gasteiger partial charge in [-0.15, -0.1) is 0 Å². The maximum Gasteiger partial charge on any atom is 0.159 e. The van der Waals surface area contributed by atoms with E-state index in [9.17, 15) is 15.0 Å². The van der Waals surface area contributed by atoms with Crippen LogP contribution in [0, 0.1) is 34.5 Å². The van der Waals surface area contributed by atoms with E-state index in [0.717, 1.165) is 32.1 Å². The maximum absolute atomic E-state index is 13.3. The van der Waals surface area contributed by atoms with E-state index in [1.54, 1.807) is 0 Å². The molecule has 3 fully saturated rings. The molecule has 4 aliphatic rings. The van der Waals surface area contributed by atoms with E-state index in [0.29, 0.717) is 30.0 Å². The molecule has 4 rings (SSSR count). The van der Waals surface area contributed by atoms with Crippen molar-refractivity contribution in [2.45, 2.75) is 104 Å². The molecule has 0 amide bonds. The van der Waals surface area contributed by atoms with Crippen LogP contribution in [0.1, 0.15) is 91.9 Å². The van der Waals surface area contributed by atoms with Crippen molar-refractivity contribution < 1.29 is 15.0 Å². The van der Waals surface area contributed by atoms with Crippen molar-refractivity contribution >= 4 is 5.78 Å². The van der Waals surface area contributed by atoms with Gasteiger partial charge in [0.25, 0.3) is 0 Å². The normalized spacial score (nSPS) is 45.9. The largest absolute Gasteiger partial charge is 0.393 e. The number of rotatable bonds is 4. The van der Waals surface area contributed by atoms with Gasteiger partial charge >= 0.3 is 0 Å². The second-order valence-corrected chi connectivity index (χ2v) is 11.6. The van der Waals surface area contributed by atoms with Crippen LogP contribution in [0.25, 0.3) is 0 Å². The van der Waals surface area contributed by atoms with Crippen LogP contribution in [-0.2, 0) is 4.79 Å². The fourth-order valence-corrected chi connectivity index (χ4v) is 7.75. The van der Waals surface area contributed by atoms with E-state index >= 15 is 0 Å². The van der Waals surface area contributed by atoms with E-state index in [-0.39, 0.29) is 22.9 Å². The van der Waals surface area contributed by atoms with Crippen molar-refractivity contribution in [3.63, 3.8) is 0 Å². The third-order valence-electron chi connectivity index (χ3n) is 9.46. The summed E-state index contributed by atoms with van der Waals surface area (Å²) in [4.78, 5) is 13.3. The highest BCUT2D eigenvalue weighted by Gasteiger charge is 2.60. The molecule has 7 atom stereocenters. The number of allylic oxidation sites excluding steroid dienone is 1. The summed E-state index contributed by atoms with van der Waals surface area (Å²) in [5.41, 5.74) is 1.07. The van der Waals surface area contributed by atoms with Gasteiger partial charge in [0.15, 0.2) is 5.78 Å². The van der Waals surface area contributed by atoms with Gasteiger partial charge < -0.3 is 10.2 Å². The number of hydrogen-bond donors (Lipinski definition) is 2. The molecule has 0 saturated heterocycles. The molecule has 0 heterocycles. The van der Waals surface area contributed by atoms with E-state index < -0.39 is 5.60 Å². The summed E-state index contributed by atoms with van der Waals surface area (Å²) in [7, 11) is 0. The second-order valence-electron chi connectivity index (χ2n) is 11.6. The molecule has 3 nitrogen and oxygen atoms in total. The Labute approximate surface area is 171 Å². The van der Waals surface area contributed by atoms with Gasteiger partial charge in [-0.25, -0.2) is 0 Å². The lowest BCUT2D eigenvalue weighted by atomic mass is 9.47. The van der Waals surface area contributed by atoms with Gasteiger partial charge in [0, 0.05) is 5.92 Å². The van der Waals surface area contributed by atoms with Gasteiger partial charge in [-0.05, 0) is 106 Å². The first-order valence-electron chi connectivity index (χ1n) is 11.7. The average molecular weight is 389 g/mol. The van der Waals surface area contributed by atoms with Crippen LogP contribution in [0.5, 0.6) is 0 Å². The zero-order valence-corrected chi connectivity index (χ0v) is 18.3. The molecule has 3 saturated carbocycles. The van der Waals surface area contributed by atoms with Crippen LogP contribution in [0.3, 0.4) is 0 Å². The molecule has 2 N–H and O–H groups in total. The second kappa shape index (κ2) is 6.94. The summed E-state index contributed by atoms with van der Waals surface area (Å²) in [6.45, 7) is 8.66. The van der Waals surface area contributed by atoms with Gasteiger partial charge in [-0.3, -0.25) is 4.79 Å². The van der Waals surface area contributed by atoms with E-state index in [1.165, 1.54) is 31.3 Å². The van der Waals surface area contributed by atoms with Gasteiger partial charge in [0.05, 0.1) is 11.7 Å². The summed E-state index contributed by atoms with van der Waals surface area (Å²) in [6, 6.07) is 0. The van der Waals surface area contributed by atoms with Gasteiger partial charge in [-0.2, -0.15) is 0 Å². The van der Waals surface area contributed by atoms with E-state index in [1.807, 2.05) is 19.9 Å². The fourth-order valence-electron chi connectivity index (χ4n) is 7.75. The van der Waals surface area contributed by atoms with E-state index in [4.69, 9.17) is 0 Å². The van der Waals surface area contributed by atoms with Gasteiger partial charge in [0.1, 0.15) is 0 Å². The monoisotopic (exact) mass is 388 g/mol. The molecule has 6 unspecified atom stereocenters. The van der Waals surface area contributed by atoms with Gasteiger partial charge in [0.2, 0.25) is 0 Å². The molecule has 0 aromatic carbocycles. The molecule has 0 aromatic heterocycles. The van der Waals surface area contributed by atoms with Crippen molar-refractivity contribution in [2.75, 3.05) is 0 Å². The third kappa shape index (κ3) is 3.31. The zero-order chi connectivity index (χ0) is 20.3. The molecule has 0 spiro atoms. The first-order valence-corrected chi connectivity index (χ1v) is 11.7. The topological polar surface area (TPSA) is 57.5 Å². The van der Waals surface area contributed by atoms with E-state index in [2.05, 4.69) is 13.8 Å². The standard InChI is InChI=1S/C25H40O3/c1-23(2,28)11-5-6-16-7-8-19-22-20(10-13-24(16,19)3)25(4)12-9-18(26)14-17(25)15-21(22)27/h15-16,18-20,22,26,28H,5-14H2,1-4H3/t16-,18?,19?,20?,22?,24?,25?/m0/s1. The smallest absolute Gasteiger partial charge is 0.159 e. The van der Waals surface area contributed by atoms with Crippen molar-refractivity contribution in [3.8, 4) is 0 Å². The Morgan fingerprint density at radius 3 is 2.57 bits per heavy atom. The Bertz CT molecular complexity index is 659. The molecule has 0 aromatic rings. The highest BCUT2D eigenvalue weighted by molar-refractivity contribution is 5.94. The number of ketones is 1. The maximum atomic E-state index is 13.3. The molecule has 0 aliphatic heterocycles. The van der Waals surface area contributed by atoms with Gasteiger partial charge in [-0.1, -0.05) is 25.8 Å². The van der Waals surface area contributed by atoms with Crippen molar-refractivity contribution in [2.24, 2.45) is 34.5 Å². The average Bonchev–Trinajstić information content (AvgIpc) is 2.92. The number of aliphatic hydroxyl groups excluding tert-OH is 1. The predicted octanol–water partition coefficient (Wildman–Crippen LogP) is 5.05. The minimum absolute atomic E-state index is 0.123. The molecule has 0 bridgehead atoms. The Balaban J connectivity index is 1.54. The molecule has 158 valence electrons. The number of fused-ring (bicyclic) bond motifs is 5. The van der Waals surface area contributed by atoms with Crippen LogP contribution in [0.4, 0.5) is 0 Å². The SMILES string of the molecule is CC(C)(O)CCC[C@H]1CCC2C3C(=O)C=C4CC(O)CCC4(C)C3CCC21C. The Morgan fingerprint density at radius 2 is 1.86 bits per heavy atom. The Kier molecular flexibility index (Phi) is 5.11. The lowest BCUT2D eigenvalue weighted by Gasteiger charge is -2.57. The summed E-state index contributed by atoms with van der Waals surface area (Å²) in [5.74, 6) is 2.25. The number of carbonyl (C=O) groups is 1. The Hall–Kier alpha value is -0.670. The first-order chi connectivity index (χ1) is 13.0. The van der Waals surface area contributed by atoms with Crippen molar-refractivity contribution in [3.05, 3.63) is 11.6 Å². The summed E-state index contributed by atoms with van der Waals surface area (Å²) >= 11 is 0. The highest BCUT2D eigenvalue weighted by atomic mass is 16.3. The molecule has 28 heavy (non-hydrogen) atoms. The first kappa shape index (κ1) is 20.6. The predicted molar refractivity (Wildman–Crippen MR) is 112 cm³/mol. The fraction of sp³-hybridized carbons (Fsp3) is 0.880. The minimum Gasteiger partial charge on any atom is -0.393 e. The summed E-state index contributed by atoms with van der Waals surface area (Å²) in [5, 5.41) is 20.2. The minimum atomic E-state index is -0.572. The lowest BCUT2D eigenvalue weighted by Crippen LogP contribution is -2.53. The quantitative estimate of drug-likeness (QED) is 0.709. The molecular formula is C25H40O3. The number of carbonyl (C=O) groups excluding carboxylic acids is 1. The summed E-state index contributed by atoms with van der Waals surface area (Å²) < 4.78 is 0. The summed E-state index contributed by atoms with van der Waals surface area (Å²) in [6.07, 6.45) is 12.3. The Morgan fingerprint density at radius 1 is 1.11 bits per heavy atom. The van der Waals surface area contributed by atoms with Crippen LogP contribution in [0.15, 0.2) is 11.6 Å². The van der Waals surface area contributed by atoms with Crippen molar-refractivity contribution in [1.29, 1.82) is 0 Å². The molecule has 0 radical (unpaired) electrons. The van der Waals surface area contributed by atoms with Crippen molar-refractivity contribution in [1.82, 2.24) is 0 Å². The van der Waals surface area contributed by atoms with Crippen LogP contribution in [-0.4, -0.2) is 27.7 Å². The number of hydrogen-bond acceptors (Lipinski definition) is 3. The van der Waals surface area contributed by atoms with Crippen LogP contribution >= 0.6 is 0 Å². The molecular weight excluding hydrogens is 348 g/mol. The lowest BCUT2D eigenvalue weighted by molar-refractivity contribution is -0.134. The highest BCUT2D eigenvalue weighted by Crippen LogP contribution is 2.66. The molecule has 3 heteroatoms. The third-order valence-corrected chi connectivity index (χ3v) is 9.46.